The van der Waals surface area contributed by atoms with Gasteiger partial charge < -0.3 is 0 Å². The Morgan fingerprint density at radius 2 is 1.64 bits per heavy atom. The van der Waals surface area contributed by atoms with Gasteiger partial charge in [-0.1, -0.05) is 13.0 Å². The average molecular weight is 168 g/mol. The van der Waals surface area contributed by atoms with E-state index in [1.165, 1.54) is 6.92 Å². The highest BCUT2D eigenvalue weighted by Gasteiger charge is 2.85. The standard InChI is InChI=1S/C7H8F4/c1-3-4(2)5-6(8,9)7(5,10)11/h3-5H,1H2,2H3/t4-/m1/s1. The van der Waals surface area contributed by atoms with E-state index in [1.54, 1.807) is 0 Å². The van der Waals surface area contributed by atoms with Gasteiger partial charge in [-0.05, 0) is 5.92 Å². The van der Waals surface area contributed by atoms with Crippen molar-refractivity contribution in [1.29, 1.82) is 0 Å². The molecule has 1 saturated carbocycles. The van der Waals surface area contributed by atoms with Crippen molar-refractivity contribution in [2.75, 3.05) is 0 Å². The van der Waals surface area contributed by atoms with Crippen molar-refractivity contribution in [3.8, 4) is 0 Å². The minimum Gasteiger partial charge on any atom is -0.199 e. The number of allylic oxidation sites excluding steroid dienone is 1. The van der Waals surface area contributed by atoms with Crippen LogP contribution in [0.5, 0.6) is 0 Å². The Morgan fingerprint density at radius 3 is 1.73 bits per heavy atom. The summed E-state index contributed by atoms with van der Waals surface area (Å²) in [6.07, 6.45) is 1.12. The fraction of sp³-hybridized carbons (Fsp3) is 0.714. The summed E-state index contributed by atoms with van der Waals surface area (Å²) in [7, 11) is 0. The van der Waals surface area contributed by atoms with Gasteiger partial charge in [-0.3, -0.25) is 0 Å². The number of hydrogen-bond donors (Lipinski definition) is 0. The zero-order valence-electron chi connectivity index (χ0n) is 5.95. The van der Waals surface area contributed by atoms with Crippen LogP contribution in [-0.2, 0) is 0 Å². The van der Waals surface area contributed by atoms with Crippen LogP contribution in [0.4, 0.5) is 17.6 Å². The van der Waals surface area contributed by atoms with Crippen LogP contribution in [-0.4, -0.2) is 11.8 Å². The molecule has 0 heterocycles. The van der Waals surface area contributed by atoms with Crippen molar-refractivity contribution in [2.24, 2.45) is 11.8 Å². The summed E-state index contributed by atoms with van der Waals surface area (Å²) in [6.45, 7) is 4.50. The van der Waals surface area contributed by atoms with Gasteiger partial charge in [0.15, 0.2) is 0 Å². The second kappa shape index (κ2) is 1.99. The topological polar surface area (TPSA) is 0 Å². The largest absolute Gasteiger partial charge is 0.320 e. The summed E-state index contributed by atoms with van der Waals surface area (Å²) >= 11 is 0. The van der Waals surface area contributed by atoms with E-state index in [4.69, 9.17) is 0 Å². The van der Waals surface area contributed by atoms with Crippen LogP contribution in [0.15, 0.2) is 12.7 Å². The summed E-state index contributed by atoms with van der Waals surface area (Å²) < 4.78 is 48.9. The van der Waals surface area contributed by atoms with E-state index in [2.05, 4.69) is 6.58 Å². The van der Waals surface area contributed by atoms with Crippen LogP contribution in [0.25, 0.3) is 0 Å². The third-order valence-corrected chi connectivity index (χ3v) is 2.04. The first kappa shape index (κ1) is 8.56. The van der Waals surface area contributed by atoms with Gasteiger partial charge in [0.05, 0.1) is 0 Å². The summed E-state index contributed by atoms with van der Waals surface area (Å²) in [5, 5.41) is 0. The lowest BCUT2D eigenvalue weighted by atomic mass is 10.1. The van der Waals surface area contributed by atoms with E-state index >= 15 is 0 Å². The smallest absolute Gasteiger partial charge is 0.199 e. The molecule has 0 amide bonds. The van der Waals surface area contributed by atoms with Crippen LogP contribution < -0.4 is 0 Å². The Balaban J connectivity index is 2.74. The van der Waals surface area contributed by atoms with E-state index in [9.17, 15) is 17.6 Å². The molecule has 0 aromatic rings. The fourth-order valence-corrected chi connectivity index (χ4v) is 1.16. The van der Waals surface area contributed by atoms with E-state index < -0.39 is 23.7 Å². The SMILES string of the molecule is C=C[C@@H](C)C1C(F)(F)C1(F)F. The molecule has 0 nitrogen and oxygen atoms in total. The van der Waals surface area contributed by atoms with Crippen molar-refractivity contribution in [3.05, 3.63) is 12.7 Å². The van der Waals surface area contributed by atoms with E-state index in [-0.39, 0.29) is 0 Å². The van der Waals surface area contributed by atoms with E-state index in [0.29, 0.717) is 0 Å². The van der Waals surface area contributed by atoms with Gasteiger partial charge in [0, 0.05) is 0 Å². The first-order chi connectivity index (χ1) is 4.85. The van der Waals surface area contributed by atoms with Gasteiger partial charge in [0.1, 0.15) is 5.92 Å². The minimum atomic E-state index is -3.82. The Hall–Kier alpha value is -0.540. The molecule has 1 aliphatic rings. The van der Waals surface area contributed by atoms with Crippen LogP contribution >= 0.6 is 0 Å². The van der Waals surface area contributed by atoms with Gasteiger partial charge in [-0.15, -0.1) is 6.58 Å². The number of hydrogen-bond acceptors (Lipinski definition) is 0. The van der Waals surface area contributed by atoms with Crippen molar-refractivity contribution in [1.82, 2.24) is 0 Å². The highest BCUT2D eigenvalue weighted by Crippen LogP contribution is 2.65. The van der Waals surface area contributed by atoms with Crippen LogP contribution in [0.2, 0.25) is 0 Å². The molecule has 1 atom stereocenters. The van der Waals surface area contributed by atoms with Gasteiger partial charge in [0.25, 0.3) is 0 Å². The molecule has 0 N–H and O–H groups in total. The third-order valence-electron chi connectivity index (χ3n) is 2.04. The summed E-state index contributed by atoms with van der Waals surface area (Å²) in [5.74, 6) is -10.3. The minimum absolute atomic E-state index is 0.833. The molecule has 0 aromatic carbocycles. The zero-order valence-corrected chi connectivity index (χ0v) is 5.95. The summed E-state index contributed by atoms with van der Waals surface area (Å²) in [4.78, 5) is 0. The molecule has 0 aromatic heterocycles. The number of alkyl halides is 4. The van der Waals surface area contributed by atoms with Crippen molar-refractivity contribution >= 4 is 0 Å². The van der Waals surface area contributed by atoms with Crippen molar-refractivity contribution in [2.45, 2.75) is 18.8 Å². The molecule has 0 aliphatic heterocycles. The zero-order chi connectivity index (χ0) is 8.86. The lowest BCUT2D eigenvalue weighted by Crippen LogP contribution is -2.02. The second-order valence-electron chi connectivity index (χ2n) is 2.82. The monoisotopic (exact) mass is 168 g/mol. The fourth-order valence-electron chi connectivity index (χ4n) is 1.16. The molecular formula is C7H8F4. The molecule has 4 heteroatoms. The number of halogens is 4. The Kier molecular flexibility index (Phi) is 1.55. The van der Waals surface area contributed by atoms with Crippen LogP contribution in [0.1, 0.15) is 6.92 Å². The lowest BCUT2D eigenvalue weighted by Gasteiger charge is -1.99. The quantitative estimate of drug-likeness (QED) is 0.439. The van der Waals surface area contributed by atoms with Gasteiger partial charge in [-0.25, -0.2) is 0 Å². The molecule has 64 valence electrons. The highest BCUT2D eigenvalue weighted by molar-refractivity contribution is 5.17. The highest BCUT2D eigenvalue weighted by atomic mass is 19.3. The summed E-state index contributed by atoms with van der Waals surface area (Å²) in [6, 6.07) is 0. The molecule has 1 fully saturated rings. The number of rotatable bonds is 2. The molecule has 0 bridgehead atoms. The predicted molar refractivity (Wildman–Crippen MR) is 32.7 cm³/mol. The maximum absolute atomic E-state index is 12.2. The predicted octanol–water partition coefficient (Wildman–Crippen LogP) is 2.71. The normalized spacial score (nSPS) is 29.5. The van der Waals surface area contributed by atoms with Crippen molar-refractivity contribution < 1.29 is 17.6 Å². The van der Waals surface area contributed by atoms with E-state index in [1.807, 2.05) is 0 Å². The third kappa shape index (κ3) is 0.880. The Bertz CT molecular complexity index is 171. The van der Waals surface area contributed by atoms with Crippen molar-refractivity contribution in [3.63, 3.8) is 0 Å². The Labute approximate surface area is 61.9 Å². The van der Waals surface area contributed by atoms with Crippen LogP contribution in [0, 0.1) is 11.8 Å². The molecule has 0 saturated heterocycles. The summed E-state index contributed by atoms with van der Waals surface area (Å²) in [5.41, 5.74) is 0. The van der Waals surface area contributed by atoms with Crippen LogP contribution in [0.3, 0.4) is 0 Å². The van der Waals surface area contributed by atoms with Gasteiger partial charge in [-0.2, -0.15) is 17.6 Å². The second-order valence-corrected chi connectivity index (χ2v) is 2.82. The van der Waals surface area contributed by atoms with Gasteiger partial charge >= 0.3 is 11.8 Å². The molecular weight excluding hydrogens is 160 g/mol. The maximum Gasteiger partial charge on any atom is 0.320 e. The molecule has 0 unspecified atom stereocenters. The van der Waals surface area contributed by atoms with Gasteiger partial charge in [0.2, 0.25) is 0 Å². The molecule has 0 spiro atoms. The Morgan fingerprint density at radius 1 is 1.27 bits per heavy atom. The maximum atomic E-state index is 12.2. The first-order valence-electron chi connectivity index (χ1n) is 3.24. The molecule has 0 radical (unpaired) electrons. The molecule has 11 heavy (non-hydrogen) atoms. The average Bonchev–Trinajstić information content (AvgIpc) is 2.24. The first-order valence-corrected chi connectivity index (χ1v) is 3.24. The molecule has 1 rings (SSSR count). The lowest BCUT2D eigenvalue weighted by molar-refractivity contribution is -0.0278. The van der Waals surface area contributed by atoms with E-state index in [0.717, 1.165) is 6.08 Å². The molecule has 1 aliphatic carbocycles.